The van der Waals surface area contributed by atoms with Crippen LogP contribution in [0.4, 0.5) is 0 Å². The summed E-state index contributed by atoms with van der Waals surface area (Å²) in [6.07, 6.45) is 0. The first-order valence-electron chi connectivity index (χ1n) is 9.71. The summed E-state index contributed by atoms with van der Waals surface area (Å²) in [5, 5.41) is 11.4. The predicted molar refractivity (Wildman–Crippen MR) is 116 cm³/mol. The van der Waals surface area contributed by atoms with E-state index in [-0.39, 0.29) is 5.57 Å². The van der Waals surface area contributed by atoms with Crippen LogP contribution in [-0.4, -0.2) is 71.8 Å². The third-order valence-electron chi connectivity index (χ3n) is 5.09. The van der Waals surface area contributed by atoms with Crippen LogP contribution in [0, 0.1) is 13.8 Å². The van der Waals surface area contributed by atoms with Crippen molar-refractivity contribution in [2.24, 2.45) is 0 Å². The van der Waals surface area contributed by atoms with Crippen molar-refractivity contribution < 1.29 is 24.2 Å². The van der Waals surface area contributed by atoms with Gasteiger partial charge in [-0.1, -0.05) is 12.1 Å². The van der Waals surface area contributed by atoms with Crippen LogP contribution in [0.3, 0.4) is 0 Å². The summed E-state index contributed by atoms with van der Waals surface area (Å²) < 4.78 is 4.74. The third-order valence-corrected chi connectivity index (χ3v) is 6.17. The Labute approximate surface area is 184 Å². The first-order chi connectivity index (χ1) is 14.6. The molecule has 1 aliphatic heterocycles. The number of thiazole rings is 1. The Morgan fingerprint density at radius 1 is 1.23 bits per heavy atom. The lowest BCUT2D eigenvalue weighted by molar-refractivity contribution is -0.129. The van der Waals surface area contributed by atoms with Gasteiger partial charge in [-0.15, -0.1) is 11.3 Å². The number of aliphatic hydroxyl groups excluding tert-OH is 1. The van der Waals surface area contributed by atoms with Crippen molar-refractivity contribution >= 4 is 29.0 Å². The first kappa shape index (κ1) is 22.6. The summed E-state index contributed by atoms with van der Waals surface area (Å²) in [6.45, 7) is 4.40. The minimum Gasteiger partial charge on any atom is -0.503 e. The van der Waals surface area contributed by atoms with Crippen LogP contribution in [0.1, 0.15) is 42.3 Å². The topological polar surface area (TPSA) is 100 Å². The van der Waals surface area contributed by atoms with Crippen LogP contribution in [0.5, 0.6) is 0 Å². The van der Waals surface area contributed by atoms with E-state index in [9.17, 15) is 19.5 Å². The van der Waals surface area contributed by atoms with Gasteiger partial charge in [-0.25, -0.2) is 9.78 Å². The Hall–Kier alpha value is -3.04. The van der Waals surface area contributed by atoms with Gasteiger partial charge in [0.25, 0.3) is 5.91 Å². The summed E-state index contributed by atoms with van der Waals surface area (Å²) in [5.41, 5.74) is 1.56. The van der Waals surface area contributed by atoms with Crippen molar-refractivity contribution in [2.45, 2.75) is 19.9 Å². The predicted octanol–water partition coefficient (Wildman–Crippen LogP) is 2.69. The van der Waals surface area contributed by atoms with E-state index in [1.165, 1.54) is 23.3 Å². The number of hydrogen-bond donors (Lipinski definition) is 1. The molecule has 31 heavy (non-hydrogen) atoms. The lowest BCUT2D eigenvalue weighted by Crippen LogP contribution is -2.36. The quantitative estimate of drug-likeness (QED) is 0.519. The summed E-state index contributed by atoms with van der Waals surface area (Å²) in [4.78, 5) is 46.2. The molecule has 3 rings (SSSR count). The molecule has 2 aromatic rings. The monoisotopic (exact) mass is 443 g/mol. The van der Waals surface area contributed by atoms with Gasteiger partial charge in [-0.2, -0.15) is 0 Å². The van der Waals surface area contributed by atoms with E-state index in [1.807, 2.05) is 19.0 Å². The minimum absolute atomic E-state index is 0.0290. The van der Waals surface area contributed by atoms with Gasteiger partial charge >= 0.3 is 5.97 Å². The van der Waals surface area contributed by atoms with Crippen molar-refractivity contribution in [3.05, 3.63) is 62.3 Å². The van der Waals surface area contributed by atoms with E-state index in [0.717, 1.165) is 5.01 Å². The van der Waals surface area contributed by atoms with Gasteiger partial charge in [-0.3, -0.25) is 9.59 Å². The molecule has 2 heterocycles. The fourth-order valence-electron chi connectivity index (χ4n) is 3.55. The molecular formula is C22H25N3O5S. The van der Waals surface area contributed by atoms with Gasteiger partial charge in [0.05, 0.1) is 39.9 Å². The number of amides is 1. The van der Waals surface area contributed by atoms with Crippen molar-refractivity contribution in [1.29, 1.82) is 0 Å². The number of aromatic nitrogens is 1. The highest BCUT2D eigenvalue weighted by Gasteiger charge is 2.44. The van der Waals surface area contributed by atoms with E-state index in [0.29, 0.717) is 34.8 Å². The van der Waals surface area contributed by atoms with Crippen LogP contribution < -0.4 is 0 Å². The van der Waals surface area contributed by atoms with Crippen LogP contribution in [0.15, 0.2) is 35.6 Å². The number of methoxy groups -OCH3 is 1. The minimum atomic E-state index is -0.770. The second-order valence-corrected chi connectivity index (χ2v) is 8.76. The summed E-state index contributed by atoms with van der Waals surface area (Å²) >= 11 is 1.23. The molecule has 0 saturated carbocycles. The second kappa shape index (κ2) is 8.99. The number of aryl methyl sites for hydroxylation is 2. The molecule has 8 nitrogen and oxygen atoms in total. The van der Waals surface area contributed by atoms with Gasteiger partial charge in [0.2, 0.25) is 5.78 Å². The molecule has 0 aliphatic carbocycles. The number of likely N-dealkylation sites (N-methyl/N-ethyl adjacent to an activating group) is 1. The van der Waals surface area contributed by atoms with Gasteiger partial charge in [0.15, 0.2) is 5.76 Å². The van der Waals surface area contributed by atoms with E-state index in [1.54, 1.807) is 38.1 Å². The van der Waals surface area contributed by atoms with Crippen LogP contribution in [-0.2, 0) is 9.53 Å². The number of carbonyl (C=O) groups excluding carboxylic acids is 3. The highest BCUT2D eigenvalue weighted by molar-refractivity contribution is 7.14. The zero-order valence-corrected chi connectivity index (χ0v) is 18.9. The van der Waals surface area contributed by atoms with Crippen molar-refractivity contribution in [2.75, 3.05) is 34.3 Å². The third kappa shape index (κ3) is 4.38. The van der Waals surface area contributed by atoms with Crippen LogP contribution in [0.2, 0.25) is 0 Å². The van der Waals surface area contributed by atoms with Crippen LogP contribution in [0.25, 0.3) is 0 Å². The molecule has 0 radical (unpaired) electrons. The first-order valence-corrected chi connectivity index (χ1v) is 10.5. The Kier molecular flexibility index (Phi) is 6.56. The lowest BCUT2D eigenvalue weighted by atomic mass is 9.94. The zero-order valence-electron chi connectivity index (χ0n) is 18.1. The maximum Gasteiger partial charge on any atom is 0.337 e. The molecule has 0 spiro atoms. The number of carbonyl (C=O) groups is 3. The summed E-state index contributed by atoms with van der Waals surface area (Å²) in [5.74, 6) is -2.03. The van der Waals surface area contributed by atoms with Crippen LogP contribution >= 0.6 is 11.3 Å². The maximum absolute atomic E-state index is 13.4. The van der Waals surface area contributed by atoms with Gasteiger partial charge in [0, 0.05) is 13.1 Å². The number of benzene rings is 1. The SMILES string of the molecule is COC(=O)c1ccc([C@@H]2C(C(=O)c3sc(C)nc3C)=C(O)C(=O)N2CCN(C)C)cc1. The zero-order chi connectivity index (χ0) is 22.9. The Morgan fingerprint density at radius 3 is 2.39 bits per heavy atom. The molecule has 1 amide bonds. The molecule has 1 aliphatic rings. The Morgan fingerprint density at radius 2 is 1.87 bits per heavy atom. The highest BCUT2D eigenvalue weighted by Crippen LogP contribution is 2.40. The number of Topliss-reactive ketones (excluding diaryl/α,β-unsaturated/α-hetero) is 1. The molecule has 1 N–H and O–H groups in total. The number of ether oxygens (including phenoxy) is 1. The molecule has 1 aromatic heterocycles. The lowest BCUT2D eigenvalue weighted by Gasteiger charge is -2.28. The van der Waals surface area contributed by atoms with E-state index in [4.69, 9.17) is 4.74 Å². The average Bonchev–Trinajstić information content (AvgIpc) is 3.21. The molecule has 1 aromatic carbocycles. The standard InChI is InChI=1S/C22H25N3O5S/c1-12-20(31-13(2)23-12)18(26)16-17(14-6-8-15(9-7-14)22(29)30-5)25(11-10-24(3)4)21(28)19(16)27/h6-9,17,27H,10-11H2,1-5H3/t17-/m1/s1. The number of ketones is 1. The summed E-state index contributed by atoms with van der Waals surface area (Å²) in [7, 11) is 5.05. The second-order valence-electron chi connectivity index (χ2n) is 7.56. The van der Waals surface area contributed by atoms with Crippen molar-refractivity contribution in [1.82, 2.24) is 14.8 Å². The number of rotatable bonds is 7. The highest BCUT2D eigenvalue weighted by atomic mass is 32.1. The molecule has 0 fully saturated rings. The maximum atomic E-state index is 13.4. The molecule has 0 bridgehead atoms. The number of esters is 1. The molecule has 0 unspecified atom stereocenters. The van der Waals surface area contributed by atoms with Crippen molar-refractivity contribution in [3.8, 4) is 0 Å². The number of hydrogen-bond acceptors (Lipinski definition) is 8. The molecule has 164 valence electrons. The molecule has 9 heteroatoms. The van der Waals surface area contributed by atoms with E-state index in [2.05, 4.69) is 4.98 Å². The smallest absolute Gasteiger partial charge is 0.337 e. The fraction of sp³-hybridized carbons (Fsp3) is 0.364. The largest absolute Gasteiger partial charge is 0.503 e. The normalized spacial score (nSPS) is 16.4. The molecular weight excluding hydrogens is 418 g/mol. The van der Waals surface area contributed by atoms with Gasteiger partial charge in [0.1, 0.15) is 0 Å². The fourth-order valence-corrected chi connectivity index (χ4v) is 4.43. The Balaban J connectivity index is 2.07. The van der Waals surface area contributed by atoms with Gasteiger partial charge < -0.3 is 19.6 Å². The van der Waals surface area contributed by atoms with E-state index < -0.39 is 29.5 Å². The number of nitrogens with zero attached hydrogens (tertiary/aromatic N) is 3. The summed E-state index contributed by atoms with van der Waals surface area (Å²) in [6, 6.07) is 5.73. The average molecular weight is 444 g/mol. The Bertz CT molecular complexity index is 1060. The molecule has 1 atom stereocenters. The number of aliphatic hydroxyl groups is 1. The van der Waals surface area contributed by atoms with Gasteiger partial charge in [-0.05, 0) is 45.6 Å². The van der Waals surface area contributed by atoms with E-state index >= 15 is 0 Å². The van der Waals surface area contributed by atoms with Crippen molar-refractivity contribution in [3.63, 3.8) is 0 Å². The molecule has 0 saturated heterocycles.